The number of benzene rings is 3. The predicted octanol–water partition coefficient (Wildman–Crippen LogP) is 7.07. The van der Waals surface area contributed by atoms with Gasteiger partial charge in [0, 0.05) is 59.7 Å². The van der Waals surface area contributed by atoms with Gasteiger partial charge in [0.1, 0.15) is 27.9 Å². The molecule has 0 radical (unpaired) electrons. The molecule has 0 bridgehead atoms. The molecular formula is C38H38ClN3O7S. The number of Topliss-reactive ketones (excluding diaryl/α,β-unsaturated/α-hetero) is 2. The van der Waals surface area contributed by atoms with Crippen LogP contribution in [0.1, 0.15) is 47.2 Å². The van der Waals surface area contributed by atoms with Crippen LogP contribution in [-0.2, 0) is 9.59 Å². The smallest absolute Gasteiger partial charge is 0.231 e. The lowest BCUT2D eigenvalue weighted by molar-refractivity contribution is -0.121. The molecular weight excluding hydrogens is 678 g/mol. The van der Waals surface area contributed by atoms with E-state index in [0.29, 0.717) is 17.9 Å². The Kier molecular flexibility index (Phi) is 10.00. The minimum absolute atomic E-state index is 0.00202. The van der Waals surface area contributed by atoms with Gasteiger partial charge in [0.05, 0.1) is 19.7 Å². The third kappa shape index (κ3) is 6.13. The van der Waals surface area contributed by atoms with Gasteiger partial charge in [0.2, 0.25) is 17.3 Å². The van der Waals surface area contributed by atoms with E-state index in [0.717, 1.165) is 21.4 Å². The Balaban J connectivity index is 1.30. The number of nitrogens with zero attached hydrogens (tertiary/aromatic N) is 1. The normalized spacial score (nSPS) is 19.0. The Morgan fingerprint density at radius 3 is 2.52 bits per heavy atom. The molecule has 260 valence electrons. The number of methoxy groups -OCH3 is 2. The number of ketones is 2. The van der Waals surface area contributed by atoms with Crippen LogP contribution in [0.4, 0.5) is 5.82 Å². The van der Waals surface area contributed by atoms with Gasteiger partial charge < -0.3 is 30.0 Å². The lowest BCUT2D eigenvalue weighted by atomic mass is 9.69. The molecule has 4 aromatic rings. The van der Waals surface area contributed by atoms with Crippen molar-refractivity contribution >= 4 is 57.6 Å². The average molecular weight is 716 g/mol. The van der Waals surface area contributed by atoms with E-state index >= 15 is 0 Å². The van der Waals surface area contributed by atoms with Crippen LogP contribution in [-0.4, -0.2) is 66.7 Å². The standard InChI is InChI=1S/C38H38ClN3O7S/c1-20-16-30(42-26-9-7-6-8-24(20)26)40-14-15-41-31(44)18-25(22-10-12-23(50-5)13-11-22)32-27(43)17-21(2)38(36(32)45)37(46)33-28(47-3)19-29(48-4)34(39)35(33)49-38/h6-13,16,19,21,25,45H,14-15,17-18H2,1-5H3,(H,40,42)(H,41,44). The van der Waals surface area contributed by atoms with Crippen LogP contribution < -0.4 is 24.8 Å². The van der Waals surface area contributed by atoms with Crippen molar-refractivity contribution in [2.75, 3.05) is 38.9 Å². The molecule has 1 aromatic heterocycles. The summed E-state index contributed by atoms with van der Waals surface area (Å²) in [4.78, 5) is 47.4. The van der Waals surface area contributed by atoms with Crippen molar-refractivity contribution in [2.24, 2.45) is 5.92 Å². The van der Waals surface area contributed by atoms with Crippen LogP contribution in [0.3, 0.4) is 0 Å². The molecule has 12 heteroatoms. The van der Waals surface area contributed by atoms with Crippen LogP contribution in [0.5, 0.6) is 17.2 Å². The van der Waals surface area contributed by atoms with Crippen LogP contribution in [0.25, 0.3) is 10.9 Å². The second-order valence-electron chi connectivity index (χ2n) is 12.4. The highest BCUT2D eigenvalue weighted by Crippen LogP contribution is 2.55. The van der Waals surface area contributed by atoms with E-state index in [1.807, 2.05) is 67.8 Å². The fourth-order valence-electron chi connectivity index (χ4n) is 6.85. The van der Waals surface area contributed by atoms with Gasteiger partial charge in [-0.25, -0.2) is 4.98 Å². The van der Waals surface area contributed by atoms with E-state index in [4.69, 9.17) is 25.8 Å². The zero-order valence-corrected chi connectivity index (χ0v) is 30.0. The lowest BCUT2D eigenvalue weighted by Crippen LogP contribution is -2.53. The van der Waals surface area contributed by atoms with Gasteiger partial charge in [0.15, 0.2) is 17.3 Å². The first kappa shape index (κ1) is 35.1. The quantitative estimate of drug-likeness (QED) is 0.109. The summed E-state index contributed by atoms with van der Waals surface area (Å²) in [5.41, 5.74) is 0.631. The first-order valence-corrected chi connectivity index (χ1v) is 17.8. The minimum atomic E-state index is -1.96. The summed E-state index contributed by atoms with van der Waals surface area (Å²) in [6.45, 7) is 4.38. The van der Waals surface area contributed by atoms with E-state index in [1.54, 1.807) is 18.7 Å². The van der Waals surface area contributed by atoms with Crippen molar-refractivity contribution in [3.05, 3.63) is 93.7 Å². The summed E-state index contributed by atoms with van der Waals surface area (Å²) in [5, 5.41) is 19.4. The van der Waals surface area contributed by atoms with Gasteiger partial charge in [-0.2, -0.15) is 0 Å². The molecule has 1 amide bonds. The maximum atomic E-state index is 14.3. The molecule has 3 aromatic carbocycles. The summed E-state index contributed by atoms with van der Waals surface area (Å²) >= 11 is 8.16. The molecule has 2 heterocycles. The Morgan fingerprint density at radius 1 is 1.10 bits per heavy atom. The number of thioether (sulfide) groups is 1. The highest BCUT2D eigenvalue weighted by Gasteiger charge is 2.61. The number of ether oxygens (including phenoxy) is 3. The molecule has 3 unspecified atom stereocenters. The van der Waals surface area contributed by atoms with Gasteiger partial charge in [-0.15, -0.1) is 11.8 Å². The number of rotatable bonds is 11. The van der Waals surface area contributed by atoms with Gasteiger partial charge in [-0.1, -0.05) is 48.9 Å². The molecule has 1 aliphatic heterocycles. The van der Waals surface area contributed by atoms with Crippen molar-refractivity contribution in [3.63, 3.8) is 0 Å². The fraction of sp³-hybridized carbons (Fsp3) is 0.316. The Morgan fingerprint density at radius 2 is 1.82 bits per heavy atom. The maximum Gasteiger partial charge on any atom is 0.231 e. The molecule has 0 saturated heterocycles. The third-order valence-corrected chi connectivity index (χ3v) is 10.5. The Hall–Kier alpha value is -4.74. The molecule has 0 saturated carbocycles. The number of fused-ring (bicyclic) bond motifs is 2. The molecule has 3 atom stereocenters. The highest BCUT2D eigenvalue weighted by atomic mass is 35.5. The van der Waals surface area contributed by atoms with Crippen LogP contribution in [0.2, 0.25) is 5.02 Å². The number of halogens is 1. The number of hydrogen-bond acceptors (Lipinski definition) is 10. The fourth-order valence-corrected chi connectivity index (χ4v) is 7.52. The van der Waals surface area contributed by atoms with E-state index in [-0.39, 0.29) is 64.5 Å². The Bertz CT molecular complexity index is 2030. The van der Waals surface area contributed by atoms with Crippen LogP contribution >= 0.6 is 23.4 Å². The second kappa shape index (κ2) is 14.2. The number of amides is 1. The number of anilines is 1. The van der Waals surface area contributed by atoms with Crippen LogP contribution in [0.15, 0.2) is 76.9 Å². The van der Waals surface area contributed by atoms with E-state index in [2.05, 4.69) is 15.6 Å². The largest absolute Gasteiger partial charge is 0.507 e. The number of aliphatic hydroxyl groups is 1. The summed E-state index contributed by atoms with van der Waals surface area (Å²) < 4.78 is 17.2. The predicted molar refractivity (Wildman–Crippen MR) is 194 cm³/mol. The van der Waals surface area contributed by atoms with Crippen molar-refractivity contribution in [2.45, 2.75) is 43.1 Å². The lowest BCUT2D eigenvalue weighted by Gasteiger charge is -2.38. The number of hydrogen-bond donors (Lipinski definition) is 3. The number of allylic oxidation sites excluding steroid dienone is 1. The second-order valence-corrected chi connectivity index (χ2v) is 13.7. The molecule has 6 rings (SSSR count). The first-order valence-electron chi connectivity index (χ1n) is 16.2. The average Bonchev–Trinajstić information content (AvgIpc) is 3.43. The number of nitrogens with one attached hydrogen (secondary N) is 2. The minimum Gasteiger partial charge on any atom is -0.507 e. The molecule has 3 N–H and O–H groups in total. The number of carbonyl (C=O) groups is 3. The van der Waals surface area contributed by atoms with Crippen molar-refractivity contribution < 1.29 is 33.7 Å². The number of aryl methyl sites for hydroxylation is 1. The SMILES string of the molecule is COc1cc(OC)c2c(c1Cl)OC1(C2=O)C(O)=C(C(CC(=O)NCCNc2cc(C)c3ccccc3n2)c2ccc(SC)cc2)C(=O)CC1C. The number of pyridine rings is 1. The molecule has 10 nitrogen and oxygen atoms in total. The van der Waals surface area contributed by atoms with Gasteiger partial charge >= 0.3 is 0 Å². The first-order chi connectivity index (χ1) is 24.0. The number of para-hydroxylation sites is 1. The van der Waals surface area contributed by atoms with E-state index in [9.17, 15) is 19.5 Å². The highest BCUT2D eigenvalue weighted by molar-refractivity contribution is 7.98. The molecule has 0 fully saturated rings. The van der Waals surface area contributed by atoms with Gasteiger partial charge in [-0.3, -0.25) is 14.4 Å². The third-order valence-electron chi connectivity index (χ3n) is 9.44. The monoisotopic (exact) mass is 715 g/mol. The number of carbonyl (C=O) groups excluding carboxylic acids is 3. The summed E-state index contributed by atoms with van der Waals surface area (Å²) in [7, 11) is 2.82. The van der Waals surface area contributed by atoms with E-state index in [1.165, 1.54) is 20.3 Å². The van der Waals surface area contributed by atoms with Crippen molar-refractivity contribution in [3.8, 4) is 17.2 Å². The topological polar surface area (TPSA) is 136 Å². The van der Waals surface area contributed by atoms with Crippen molar-refractivity contribution in [1.82, 2.24) is 10.3 Å². The van der Waals surface area contributed by atoms with Crippen molar-refractivity contribution in [1.29, 1.82) is 0 Å². The molecule has 1 spiro atoms. The number of aliphatic hydroxyl groups excluding tert-OH is 1. The summed E-state index contributed by atoms with van der Waals surface area (Å²) in [5.74, 6) is -2.42. The zero-order valence-electron chi connectivity index (χ0n) is 28.4. The zero-order chi connectivity index (χ0) is 35.7. The maximum absolute atomic E-state index is 14.3. The molecule has 50 heavy (non-hydrogen) atoms. The van der Waals surface area contributed by atoms with Gasteiger partial charge in [-0.05, 0) is 48.6 Å². The Labute approximate surface area is 299 Å². The van der Waals surface area contributed by atoms with Gasteiger partial charge in [0.25, 0.3) is 0 Å². The summed E-state index contributed by atoms with van der Waals surface area (Å²) in [6, 6.07) is 18.8. The summed E-state index contributed by atoms with van der Waals surface area (Å²) in [6.07, 6.45) is 1.67. The molecule has 2 aliphatic rings. The number of aromatic nitrogens is 1. The van der Waals surface area contributed by atoms with Crippen LogP contribution in [0, 0.1) is 12.8 Å². The van der Waals surface area contributed by atoms with E-state index < -0.39 is 29.0 Å². The molecule has 1 aliphatic carbocycles.